The van der Waals surface area contributed by atoms with Crippen LogP contribution >= 0.6 is 11.8 Å². The van der Waals surface area contributed by atoms with E-state index < -0.39 is 0 Å². The van der Waals surface area contributed by atoms with E-state index in [1.807, 2.05) is 11.8 Å². The third kappa shape index (κ3) is 1.99. The minimum absolute atomic E-state index is 1.09. The fourth-order valence-electron chi connectivity index (χ4n) is 2.24. The average Bonchev–Trinajstić information content (AvgIpc) is 2.39. The Labute approximate surface area is 101 Å². The lowest BCUT2D eigenvalue weighted by molar-refractivity contribution is 0.589. The number of piperazine rings is 1. The molecule has 0 amide bonds. The molecule has 0 aliphatic carbocycles. The SMILES string of the molecule is c1cc2c(cc1N1CCNCC1)SCCN2. The van der Waals surface area contributed by atoms with E-state index in [2.05, 4.69) is 33.7 Å². The van der Waals surface area contributed by atoms with Crippen molar-refractivity contribution in [3.63, 3.8) is 0 Å². The topological polar surface area (TPSA) is 27.3 Å². The molecule has 3 nitrogen and oxygen atoms in total. The molecule has 86 valence electrons. The summed E-state index contributed by atoms with van der Waals surface area (Å²) in [5.74, 6) is 1.18. The maximum atomic E-state index is 3.44. The van der Waals surface area contributed by atoms with E-state index in [-0.39, 0.29) is 0 Å². The summed E-state index contributed by atoms with van der Waals surface area (Å²) in [5.41, 5.74) is 2.67. The molecule has 0 atom stereocenters. The molecule has 3 rings (SSSR count). The van der Waals surface area contributed by atoms with Gasteiger partial charge >= 0.3 is 0 Å². The fraction of sp³-hybridized carbons (Fsp3) is 0.500. The van der Waals surface area contributed by atoms with Gasteiger partial charge in [0.05, 0.1) is 0 Å². The number of thioether (sulfide) groups is 1. The first-order valence-electron chi connectivity index (χ1n) is 5.90. The lowest BCUT2D eigenvalue weighted by atomic mass is 10.2. The van der Waals surface area contributed by atoms with E-state index in [4.69, 9.17) is 0 Å². The Bertz CT molecular complexity index is 375. The summed E-state index contributed by atoms with van der Waals surface area (Å²) in [7, 11) is 0. The zero-order valence-electron chi connectivity index (χ0n) is 9.33. The van der Waals surface area contributed by atoms with Crippen molar-refractivity contribution in [2.75, 3.05) is 48.7 Å². The summed E-state index contributed by atoms with van der Waals surface area (Å²) < 4.78 is 0. The van der Waals surface area contributed by atoms with E-state index in [9.17, 15) is 0 Å². The Morgan fingerprint density at radius 3 is 2.88 bits per heavy atom. The van der Waals surface area contributed by atoms with Crippen LogP contribution in [0.4, 0.5) is 11.4 Å². The minimum atomic E-state index is 1.09. The summed E-state index contributed by atoms with van der Waals surface area (Å²) in [6, 6.07) is 6.79. The number of nitrogens with zero attached hydrogens (tertiary/aromatic N) is 1. The molecule has 2 heterocycles. The van der Waals surface area contributed by atoms with Crippen LogP contribution in [0.25, 0.3) is 0 Å². The van der Waals surface area contributed by atoms with Crippen molar-refractivity contribution >= 4 is 23.1 Å². The first-order valence-corrected chi connectivity index (χ1v) is 6.88. The van der Waals surface area contributed by atoms with Gasteiger partial charge in [0, 0.05) is 54.7 Å². The van der Waals surface area contributed by atoms with Gasteiger partial charge in [-0.3, -0.25) is 0 Å². The number of rotatable bonds is 1. The zero-order valence-corrected chi connectivity index (χ0v) is 10.1. The van der Waals surface area contributed by atoms with Crippen molar-refractivity contribution in [3.8, 4) is 0 Å². The van der Waals surface area contributed by atoms with E-state index in [1.54, 1.807) is 0 Å². The van der Waals surface area contributed by atoms with Crippen molar-refractivity contribution < 1.29 is 0 Å². The van der Waals surface area contributed by atoms with Crippen LogP contribution in [0.2, 0.25) is 0 Å². The van der Waals surface area contributed by atoms with Crippen LogP contribution in [0.3, 0.4) is 0 Å². The predicted octanol–water partition coefficient (Wildman–Crippen LogP) is 1.61. The van der Waals surface area contributed by atoms with Gasteiger partial charge < -0.3 is 15.5 Å². The van der Waals surface area contributed by atoms with E-state index >= 15 is 0 Å². The van der Waals surface area contributed by atoms with E-state index in [0.717, 1.165) is 32.7 Å². The Hall–Kier alpha value is -0.870. The van der Waals surface area contributed by atoms with Crippen LogP contribution in [0.1, 0.15) is 0 Å². The summed E-state index contributed by atoms with van der Waals surface area (Å²) in [4.78, 5) is 3.87. The predicted molar refractivity (Wildman–Crippen MR) is 70.7 cm³/mol. The summed E-state index contributed by atoms with van der Waals surface area (Å²) in [5, 5.41) is 6.83. The standard InChI is InChI=1S/C12H17N3S/c1-2-11-12(16-8-5-14-11)9-10(1)15-6-3-13-4-7-15/h1-2,9,13-14H,3-8H2. The molecule has 0 spiro atoms. The molecule has 0 aromatic heterocycles. The first-order chi connectivity index (χ1) is 7.93. The van der Waals surface area contributed by atoms with E-state index in [1.165, 1.54) is 22.0 Å². The average molecular weight is 235 g/mol. The molecule has 2 N–H and O–H groups in total. The van der Waals surface area contributed by atoms with Crippen LogP contribution in [0.15, 0.2) is 23.1 Å². The molecule has 0 saturated carbocycles. The molecule has 0 unspecified atom stereocenters. The Balaban J connectivity index is 1.84. The van der Waals surface area contributed by atoms with Crippen molar-refractivity contribution in [2.45, 2.75) is 4.90 Å². The Kier molecular flexibility index (Phi) is 2.93. The summed E-state index contributed by atoms with van der Waals surface area (Å²) in [6.07, 6.45) is 0. The molecule has 4 heteroatoms. The van der Waals surface area contributed by atoms with Crippen molar-refractivity contribution in [2.24, 2.45) is 0 Å². The highest BCUT2D eigenvalue weighted by Crippen LogP contribution is 2.34. The Morgan fingerprint density at radius 1 is 1.12 bits per heavy atom. The molecule has 2 aliphatic heterocycles. The maximum Gasteiger partial charge on any atom is 0.0480 e. The van der Waals surface area contributed by atoms with Gasteiger partial charge in [-0.15, -0.1) is 11.8 Å². The number of benzene rings is 1. The van der Waals surface area contributed by atoms with Gasteiger partial charge in [0.1, 0.15) is 0 Å². The third-order valence-electron chi connectivity index (χ3n) is 3.12. The van der Waals surface area contributed by atoms with Gasteiger partial charge in [-0.05, 0) is 18.2 Å². The molecule has 1 fully saturated rings. The molecule has 0 bridgehead atoms. The van der Waals surface area contributed by atoms with Crippen LogP contribution in [0, 0.1) is 0 Å². The van der Waals surface area contributed by atoms with Crippen LogP contribution in [0.5, 0.6) is 0 Å². The van der Waals surface area contributed by atoms with Crippen molar-refractivity contribution in [3.05, 3.63) is 18.2 Å². The molecular formula is C12H17N3S. The summed E-state index contributed by atoms with van der Waals surface area (Å²) >= 11 is 1.96. The zero-order chi connectivity index (χ0) is 10.8. The fourth-order valence-corrected chi connectivity index (χ4v) is 3.17. The van der Waals surface area contributed by atoms with Crippen molar-refractivity contribution in [1.29, 1.82) is 0 Å². The smallest absolute Gasteiger partial charge is 0.0480 e. The number of hydrogen-bond acceptors (Lipinski definition) is 4. The number of nitrogens with one attached hydrogen (secondary N) is 2. The molecule has 1 aromatic carbocycles. The monoisotopic (exact) mass is 235 g/mol. The summed E-state index contributed by atoms with van der Waals surface area (Å²) in [6.45, 7) is 5.53. The van der Waals surface area contributed by atoms with E-state index in [0.29, 0.717) is 0 Å². The lowest BCUT2D eigenvalue weighted by Gasteiger charge is -2.30. The second-order valence-corrected chi connectivity index (χ2v) is 5.33. The van der Waals surface area contributed by atoms with Crippen LogP contribution in [-0.4, -0.2) is 38.5 Å². The number of hydrogen-bond donors (Lipinski definition) is 2. The second kappa shape index (κ2) is 4.55. The first kappa shape index (κ1) is 10.3. The largest absolute Gasteiger partial charge is 0.383 e. The second-order valence-electron chi connectivity index (χ2n) is 4.19. The Morgan fingerprint density at radius 2 is 2.00 bits per heavy atom. The minimum Gasteiger partial charge on any atom is -0.383 e. The van der Waals surface area contributed by atoms with Gasteiger partial charge in [0.15, 0.2) is 0 Å². The van der Waals surface area contributed by atoms with Crippen LogP contribution < -0.4 is 15.5 Å². The normalized spacial score (nSPS) is 20.1. The van der Waals surface area contributed by atoms with Crippen LogP contribution in [-0.2, 0) is 0 Å². The molecule has 16 heavy (non-hydrogen) atoms. The highest BCUT2D eigenvalue weighted by Gasteiger charge is 2.14. The van der Waals surface area contributed by atoms with Gasteiger partial charge in [0.25, 0.3) is 0 Å². The molecule has 1 saturated heterocycles. The highest BCUT2D eigenvalue weighted by molar-refractivity contribution is 7.99. The highest BCUT2D eigenvalue weighted by atomic mass is 32.2. The van der Waals surface area contributed by atoms with Gasteiger partial charge in [0.2, 0.25) is 0 Å². The number of anilines is 2. The quantitative estimate of drug-likeness (QED) is 0.773. The molecule has 0 radical (unpaired) electrons. The lowest BCUT2D eigenvalue weighted by Crippen LogP contribution is -2.43. The maximum absolute atomic E-state index is 3.44. The number of fused-ring (bicyclic) bond motifs is 1. The van der Waals surface area contributed by atoms with Gasteiger partial charge in [-0.25, -0.2) is 0 Å². The molecule has 2 aliphatic rings. The molecular weight excluding hydrogens is 218 g/mol. The molecule has 1 aromatic rings. The van der Waals surface area contributed by atoms with Gasteiger partial charge in [-0.2, -0.15) is 0 Å². The van der Waals surface area contributed by atoms with Crippen molar-refractivity contribution in [1.82, 2.24) is 5.32 Å². The van der Waals surface area contributed by atoms with Gasteiger partial charge in [-0.1, -0.05) is 0 Å². The third-order valence-corrected chi connectivity index (χ3v) is 4.18.